The molecule has 0 aliphatic carbocycles. The predicted octanol–water partition coefficient (Wildman–Crippen LogP) is 2.46. The number of carbonyl (C=O) groups is 3. The molecule has 226 valence electrons. The average Bonchev–Trinajstić information content (AvgIpc) is 3.36. The number of imidazole rings is 1. The number of fused-ring (bicyclic) bond motifs is 3. The first-order chi connectivity index (χ1) is 20.8. The van der Waals surface area contributed by atoms with Crippen molar-refractivity contribution in [3.8, 4) is 17.0 Å². The number of aromatic nitrogens is 2. The van der Waals surface area contributed by atoms with Crippen LogP contribution in [0.1, 0.15) is 51.4 Å². The van der Waals surface area contributed by atoms with E-state index in [-0.39, 0.29) is 17.7 Å². The Hall–Kier alpha value is -4.22. The molecule has 11 nitrogen and oxygen atoms in total. The molecule has 0 spiro atoms. The summed E-state index contributed by atoms with van der Waals surface area (Å²) >= 11 is 0. The second-order valence-corrected chi connectivity index (χ2v) is 11.6. The van der Waals surface area contributed by atoms with Crippen molar-refractivity contribution in [2.24, 2.45) is 0 Å². The lowest BCUT2D eigenvalue weighted by molar-refractivity contribution is -0.155. The summed E-state index contributed by atoms with van der Waals surface area (Å²) in [5.74, 6) is 0.496. The number of piperazine rings is 1. The van der Waals surface area contributed by atoms with Crippen molar-refractivity contribution in [1.82, 2.24) is 24.7 Å². The van der Waals surface area contributed by atoms with E-state index in [4.69, 9.17) is 4.74 Å². The maximum absolute atomic E-state index is 13.4. The highest BCUT2D eigenvalue weighted by Crippen LogP contribution is 2.32. The lowest BCUT2D eigenvalue weighted by atomic mass is 9.90. The number of anilines is 1. The van der Waals surface area contributed by atoms with Crippen molar-refractivity contribution in [1.29, 1.82) is 0 Å². The fourth-order valence-corrected chi connectivity index (χ4v) is 6.38. The maximum Gasteiger partial charge on any atom is 0.291 e. The largest absolute Gasteiger partial charge is 0.497 e. The summed E-state index contributed by atoms with van der Waals surface area (Å²) < 4.78 is 7.35. The minimum atomic E-state index is -1.32. The fraction of sp³-hybridized carbons (Fsp3) is 0.438. The number of rotatable bonds is 5. The Labute approximate surface area is 250 Å². The SMILES string of the molecule is COc1ccc2c(c1)CCCn1c-2cnc1C(=O)Nc1ccc(C(=O)N2CCN(C(=O)C3(O)CCNCC3)CC2)c(C)c1. The minimum Gasteiger partial charge on any atom is -0.497 e. The van der Waals surface area contributed by atoms with Gasteiger partial charge in [0.15, 0.2) is 5.82 Å². The van der Waals surface area contributed by atoms with Gasteiger partial charge in [-0.2, -0.15) is 0 Å². The molecule has 3 aliphatic rings. The number of ether oxygens (including phenoxy) is 1. The van der Waals surface area contributed by atoms with Crippen LogP contribution in [0.2, 0.25) is 0 Å². The summed E-state index contributed by atoms with van der Waals surface area (Å²) in [5.41, 5.74) is 3.70. The van der Waals surface area contributed by atoms with E-state index in [2.05, 4.69) is 15.6 Å². The molecule has 0 unspecified atom stereocenters. The number of amides is 3. The number of hydrogen-bond donors (Lipinski definition) is 3. The third-order valence-corrected chi connectivity index (χ3v) is 8.87. The van der Waals surface area contributed by atoms with Crippen LogP contribution < -0.4 is 15.4 Å². The van der Waals surface area contributed by atoms with Crippen LogP contribution in [0.3, 0.4) is 0 Å². The van der Waals surface area contributed by atoms with Crippen molar-refractivity contribution >= 4 is 23.4 Å². The van der Waals surface area contributed by atoms with E-state index in [9.17, 15) is 19.5 Å². The number of carbonyl (C=O) groups excluding carboxylic acids is 3. The number of piperidine rings is 1. The summed E-state index contributed by atoms with van der Waals surface area (Å²) in [7, 11) is 1.66. The van der Waals surface area contributed by atoms with E-state index in [1.54, 1.807) is 41.3 Å². The first-order valence-electron chi connectivity index (χ1n) is 14.9. The van der Waals surface area contributed by atoms with Gasteiger partial charge in [-0.3, -0.25) is 14.4 Å². The Morgan fingerprint density at radius 1 is 1.00 bits per heavy atom. The Kier molecular flexibility index (Phi) is 7.93. The molecule has 3 N–H and O–H groups in total. The van der Waals surface area contributed by atoms with E-state index in [0.29, 0.717) is 75.7 Å². The summed E-state index contributed by atoms with van der Waals surface area (Å²) in [5, 5.41) is 16.9. The Balaban J connectivity index is 1.10. The quantitative estimate of drug-likeness (QED) is 0.419. The van der Waals surface area contributed by atoms with E-state index in [1.165, 1.54) is 5.56 Å². The molecule has 3 aromatic rings. The van der Waals surface area contributed by atoms with Crippen LogP contribution in [-0.4, -0.2) is 94.2 Å². The van der Waals surface area contributed by atoms with Gasteiger partial charge in [-0.15, -0.1) is 0 Å². The number of benzene rings is 2. The summed E-state index contributed by atoms with van der Waals surface area (Å²) in [6, 6.07) is 11.2. The highest BCUT2D eigenvalue weighted by molar-refractivity contribution is 6.03. The van der Waals surface area contributed by atoms with Crippen molar-refractivity contribution in [3.63, 3.8) is 0 Å². The molecule has 0 bridgehead atoms. The van der Waals surface area contributed by atoms with Crippen LogP contribution in [0.4, 0.5) is 5.69 Å². The van der Waals surface area contributed by atoms with Gasteiger partial charge in [0.25, 0.3) is 17.7 Å². The van der Waals surface area contributed by atoms with Gasteiger partial charge in [0.05, 0.1) is 19.0 Å². The second-order valence-electron chi connectivity index (χ2n) is 11.6. The summed E-state index contributed by atoms with van der Waals surface area (Å²) in [6.07, 6.45) is 4.31. The van der Waals surface area contributed by atoms with Crippen LogP contribution in [0.25, 0.3) is 11.3 Å². The Bertz CT molecular complexity index is 1550. The molecule has 3 aliphatic heterocycles. The van der Waals surface area contributed by atoms with Crippen molar-refractivity contribution in [2.45, 2.75) is 44.8 Å². The molecule has 0 saturated carbocycles. The van der Waals surface area contributed by atoms with Gasteiger partial charge in [0.1, 0.15) is 11.4 Å². The smallest absolute Gasteiger partial charge is 0.291 e. The predicted molar refractivity (Wildman–Crippen MR) is 161 cm³/mol. The molecule has 0 atom stereocenters. The van der Waals surface area contributed by atoms with Crippen LogP contribution in [0, 0.1) is 6.92 Å². The molecular formula is C32H38N6O5. The number of aliphatic hydroxyl groups is 1. The van der Waals surface area contributed by atoms with Crippen LogP contribution >= 0.6 is 0 Å². The van der Waals surface area contributed by atoms with Gasteiger partial charge in [-0.1, -0.05) is 0 Å². The van der Waals surface area contributed by atoms with Crippen molar-refractivity contribution < 1.29 is 24.2 Å². The Morgan fingerprint density at radius 3 is 2.47 bits per heavy atom. The standard InChI is InChI=1S/C32H38N6O5/c1-21-18-23(35-29(39)28-34-20-27-26-8-6-24(43-2)19-22(26)4-3-13-38(27)28)5-7-25(21)30(40)36-14-16-37(17-15-36)31(41)32(42)9-11-33-12-10-32/h5-8,18-20,33,42H,3-4,9-17H2,1-2H3,(H,35,39). The summed E-state index contributed by atoms with van der Waals surface area (Å²) in [4.78, 5) is 47.5. The molecule has 2 saturated heterocycles. The van der Waals surface area contributed by atoms with Crippen LogP contribution in [0.5, 0.6) is 5.75 Å². The molecule has 43 heavy (non-hydrogen) atoms. The van der Waals surface area contributed by atoms with Gasteiger partial charge in [0.2, 0.25) is 0 Å². The molecule has 2 fully saturated rings. The monoisotopic (exact) mass is 586 g/mol. The van der Waals surface area contributed by atoms with Gasteiger partial charge < -0.3 is 34.8 Å². The zero-order valence-electron chi connectivity index (χ0n) is 24.7. The van der Waals surface area contributed by atoms with Crippen LogP contribution in [0.15, 0.2) is 42.6 Å². The minimum absolute atomic E-state index is 0.114. The molecule has 4 heterocycles. The fourth-order valence-electron chi connectivity index (χ4n) is 6.38. The van der Waals surface area contributed by atoms with Crippen LogP contribution in [-0.2, 0) is 17.8 Å². The van der Waals surface area contributed by atoms with E-state index < -0.39 is 5.60 Å². The molecule has 6 rings (SSSR count). The third kappa shape index (κ3) is 5.62. The zero-order chi connectivity index (χ0) is 30.1. The number of hydrogen-bond acceptors (Lipinski definition) is 7. The first kappa shape index (κ1) is 28.9. The number of methoxy groups -OCH3 is 1. The topological polar surface area (TPSA) is 129 Å². The van der Waals surface area contributed by atoms with E-state index in [0.717, 1.165) is 35.4 Å². The summed E-state index contributed by atoms with van der Waals surface area (Å²) in [6.45, 7) is 5.34. The second kappa shape index (κ2) is 11.8. The molecule has 11 heteroatoms. The van der Waals surface area contributed by atoms with Crippen molar-refractivity contribution in [3.05, 3.63) is 65.1 Å². The number of aryl methyl sites for hydroxylation is 2. The van der Waals surface area contributed by atoms with Gasteiger partial charge in [0, 0.05) is 49.5 Å². The van der Waals surface area contributed by atoms with E-state index >= 15 is 0 Å². The molecule has 3 amide bonds. The highest BCUT2D eigenvalue weighted by Gasteiger charge is 2.41. The Morgan fingerprint density at radius 2 is 1.74 bits per heavy atom. The third-order valence-electron chi connectivity index (χ3n) is 8.87. The normalized spacial score (nSPS) is 17.8. The molecular weight excluding hydrogens is 548 g/mol. The number of nitrogens with one attached hydrogen (secondary N) is 2. The first-order valence-corrected chi connectivity index (χ1v) is 14.9. The van der Waals surface area contributed by atoms with Crippen molar-refractivity contribution in [2.75, 3.05) is 51.7 Å². The number of nitrogens with zero attached hydrogens (tertiary/aromatic N) is 4. The zero-order valence-corrected chi connectivity index (χ0v) is 24.7. The molecule has 0 radical (unpaired) electrons. The lowest BCUT2D eigenvalue weighted by Gasteiger charge is -2.40. The van der Waals surface area contributed by atoms with E-state index in [1.807, 2.05) is 29.7 Å². The lowest BCUT2D eigenvalue weighted by Crippen LogP contribution is -2.59. The molecule has 2 aromatic carbocycles. The maximum atomic E-state index is 13.4. The van der Waals surface area contributed by atoms with Gasteiger partial charge in [-0.25, -0.2) is 4.98 Å². The molecule has 1 aromatic heterocycles. The van der Waals surface area contributed by atoms with Gasteiger partial charge in [-0.05, 0) is 93.2 Å². The average molecular weight is 587 g/mol. The highest BCUT2D eigenvalue weighted by atomic mass is 16.5. The van der Waals surface area contributed by atoms with Gasteiger partial charge >= 0.3 is 0 Å².